The zero-order chi connectivity index (χ0) is 20.7. The highest BCUT2D eigenvalue weighted by Crippen LogP contribution is 2.36. The molecule has 0 N–H and O–H groups in total. The average molecular weight is 415 g/mol. The zero-order valence-corrected chi connectivity index (χ0v) is 17.0. The number of rotatable bonds is 3. The first-order valence-electron chi connectivity index (χ1n) is 9.89. The monoisotopic (exact) mass is 414 g/mol. The summed E-state index contributed by atoms with van der Waals surface area (Å²) >= 11 is 6.06. The van der Waals surface area contributed by atoms with E-state index in [-0.39, 0.29) is 11.8 Å². The smallest absolute Gasteiger partial charge is 0.282 e. The number of halogens is 1. The Bertz CT molecular complexity index is 1170. The van der Waals surface area contributed by atoms with Crippen LogP contribution in [-0.4, -0.2) is 23.3 Å². The second-order valence-electron chi connectivity index (χ2n) is 7.45. The summed E-state index contributed by atoms with van der Waals surface area (Å²) in [5.74, 6) is -0.585. The molecule has 2 aliphatic heterocycles. The quantitative estimate of drug-likeness (QED) is 0.584. The van der Waals surface area contributed by atoms with E-state index in [0.717, 1.165) is 6.42 Å². The Balaban J connectivity index is 1.62. The van der Waals surface area contributed by atoms with Crippen LogP contribution in [0.2, 0.25) is 5.02 Å². The van der Waals surface area contributed by atoms with Crippen molar-refractivity contribution in [1.29, 1.82) is 0 Å². The van der Waals surface area contributed by atoms with E-state index in [1.165, 1.54) is 16.0 Å². The minimum absolute atomic E-state index is 0.282. The van der Waals surface area contributed by atoms with Gasteiger partial charge in [0, 0.05) is 18.1 Å². The summed E-state index contributed by atoms with van der Waals surface area (Å²) in [6.45, 7) is 1.29. The summed E-state index contributed by atoms with van der Waals surface area (Å²) in [4.78, 5) is 30.4. The number of nitrogens with zero attached hydrogens (tertiary/aromatic N) is 2. The van der Waals surface area contributed by atoms with Gasteiger partial charge in [-0.05, 0) is 47.4 Å². The first-order chi connectivity index (χ1) is 14.6. The van der Waals surface area contributed by atoms with Crippen LogP contribution in [0.4, 0.5) is 5.69 Å². The van der Waals surface area contributed by atoms with Crippen LogP contribution in [0.3, 0.4) is 0 Å². The number of hydrogen-bond acceptors (Lipinski definition) is 3. The number of benzene rings is 3. The molecule has 0 aromatic heterocycles. The molecule has 4 nitrogen and oxygen atoms in total. The van der Waals surface area contributed by atoms with E-state index >= 15 is 0 Å². The molecule has 0 radical (unpaired) electrons. The molecular formula is C25H19ClN2O2. The van der Waals surface area contributed by atoms with E-state index in [4.69, 9.17) is 11.6 Å². The molecule has 30 heavy (non-hydrogen) atoms. The van der Waals surface area contributed by atoms with Gasteiger partial charge in [0.25, 0.3) is 11.8 Å². The maximum atomic E-state index is 13.6. The zero-order valence-electron chi connectivity index (χ0n) is 16.2. The lowest BCUT2D eigenvalue weighted by molar-refractivity contribution is -0.120. The fraction of sp³-hybridized carbons (Fsp3) is 0.120. The molecular weight excluding hydrogens is 396 g/mol. The molecule has 2 heterocycles. The second-order valence-corrected chi connectivity index (χ2v) is 7.89. The third-order valence-electron chi connectivity index (χ3n) is 5.65. The van der Waals surface area contributed by atoms with Crippen molar-refractivity contribution in [3.63, 3.8) is 0 Å². The van der Waals surface area contributed by atoms with Crippen molar-refractivity contribution in [3.05, 3.63) is 106 Å². The van der Waals surface area contributed by atoms with Gasteiger partial charge >= 0.3 is 0 Å². The van der Waals surface area contributed by atoms with Crippen LogP contribution < -0.4 is 4.90 Å². The second kappa shape index (κ2) is 7.47. The molecule has 0 bridgehead atoms. The van der Waals surface area contributed by atoms with Gasteiger partial charge in [-0.25, -0.2) is 4.90 Å². The highest BCUT2D eigenvalue weighted by atomic mass is 35.5. The molecule has 0 saturated carbocycles. The first kappa shape index (κ1) is 18.6. The minimum Gasteiger partial charge on any atom is -0.362 e. The summed E-state index contributed by atoms with van der Waals surface area (Å²) in [5, 5.41) is 0.587. The predicted octanol–water partition coefficient (Wildman–Crippen LogP) is 4.68. The number of para-hydroxylation sites is 1. The van der Waals surface area contributed by atoms with Gasteiger partial charge in [-0.3, -0.25) is 9.59 Å². The van der Waals surface area contributed by atoms with Gasteiger partial charge in [0.1, 0.15) is 5.70 Å². The van der Waals surface area contributed by atoms with Gasteiger partial charge in [-0.1, -0.05) is 66.2 Å². The number of carbonyl (C=O) groups is 2. The summed E-state index contributed by atoms with van der Waals surface area (Å²) in [6.07, 6.45) is 0.834. The Labute approximate surface area is 180 Å². The molecule has 3 aromatic rings. The third-order valence-corrected chi connectivity index (χ3v) is 5.91. The van der Waals surface area contributed by atoms with E-state index in [0.29, 0.717) is 40.6 Å². The van der Waals surface area contributed by atoms with Crippen LogP contribution >= 0.6 is 11.6 Å². The Hall–Kier alpha value is -3.37. The van der Waals surface area contributed by atoms with Crippen molar-refractivity contribution < 1.29 is 9.59 Å². The maximum Gasteiger partial charge on any atom is 0.282 e. The fourth-order valence-corrected chi connectivity index (χ4v) is 4.31. The topological polar surface area (TPSA) is 40.6 Å². The molecule has 3 aromatic carbocycles. The third kappa shape index (κ3) is 3.10. The molecule has 0 spiro atoms. The molecule has 2 aliphatic rings. The number of amides is 2. The highest BCUT2D eigenvalue weighted by Gasteiger charge is 2.42. The van der Waals surface area contributed by atoms with Crippen LogP contribution in [-0.2, 0) is 22.6 Å². The molecule has 5 heteroatoms. The largest absolute Gasteiger partial charge is 0.362 e. The van der Waals surface area contributed by atoms with Crippen molar-refractivity contribution in [2.24, 2.45) is 0 Å². The van der Waals surface area contributed by atoms with E-state index in [9.17, 15) is 9.59 Å². The minimum atomic E-state index is -0.303. The molecule has 0 atom stereocenters. The SMILES string of the molecule is O=C1C(c2ccc(Cl)cc2)=C(N2CCc3ccccc3C2)C(=O)N1c1ccccc1. The van der Waals surface area contributed by atoms with Gasteiger partial charge in [-0.15, -0.1) is 0 Å². The number of fused-ring (bicyclic) bond motifs is 1. The Morgan fingerprint density at radius 3 is 2.13 bits per heavy atom. The molecule has 0 fully saturated rings. The molecule has 0 saturated heterocycles. The standard InChI is InChI=1S/C25H19ClN2O2/c26-20-12-10-18(11-13-20)22-23(27-15-14-17-6-4-5-7-19(17)16-27)25(30)28(24(22)29)21-8-2-1-3-9-21/h1-13H,14-16H2. The van der Waals surface area contributed by atoms with Gasteiger partial charge in [-0.2, -0.15) is 0 Å². The van der Waals surface area contributed by atoms with E-state index in [2.05, 4.69) is 12.1 Å². The summed E-state index contributed by atoms with van der Waals surface area (Å²) in [7, 11) is 0. The lowest BCUT2D eigenvalue weighted by Crippen LogP contribution is -2.37. The predicted molar refractivity (Wildman–Crippen MR) is 118 cm³/mol. The summed E-state index contributed by atoms with van der Waals surface area (Å²) in [5.41, 5.74) is 4.64. The van der Waals surface area contributed by atoms with Gasteiger partial charge in [0.05, 0.1) is 11.3 Å². The van der Waals surface area contributed by atoms with Crippen molar-refractivity contribution >= 4 is 34.7 Å². The molecule has 0 unspecified atom stereocenters. The lowest BCUT2D eigenvalue weighted by atomic mass is 9.98. The van der Waals surface area contributed by atoms with Crippen molar-refractivity contribution in [2.45, 2.75) is 13.0 Å². The van der Waals surface area contributed by atoms with Gasteiger partial charge in [0.2, 0.25) is 0 Å². The van der Waals surface area contributed by atoms with E-state index in [1.807, 2.05) is 35.2 Å². The highest BCUT2D eigenvalue weighted by molar-refractivity contribution is 6.45. The van der Waals surface area contributed by atoms with Crippen molar-refractivity contribution in [3.8, 4) is 0 Å². The van der Waals surface area contributed by atoms with Crippen LogP contribution in [0.1, 0.15) is 16.7 Å². The normalized spacial score (nSPS) is 16.3. The summed E-state index contributed by atoms with van der Waals surface area (Å²) in [6, 6.07) is 24.4. The average Bonchev–Trinajstić information content (AvgIpc) is 3.04. The van der Waals surface area contributed by atoms with E-state index in [1.54, 1.807) is 36.4 Å². The van der Waals surface area contributed by atoms with Crippen LogP contribution in [0.15, 0.2) is 84.6 Å². The number of imide groups is 1. The Kier molecular flexibility index (Phi) is 4.64. The van der Waals surface area contributed by atoms with Crippen molar-refractivity contribution in [2.75, 3.05) is 11.4 Å². The first-order valence-corrected chi connectivity index (χ1v) is 10.3. The van der Waals surface area contributed by atoms with Crippen molar-refractivity contribution in [1.82, 2.24) is 4.90 Å². The van der Waals surface area contributed by atoms with E-state index < -0.39 is 0 Å². The molecule has 0 aliphatic carbocycles. The van der Waals surface area contributed by atoms with Gasteiger partial charge in [0.15, 0.2) is 0 Å². The van der Waals surface area contributed by atoms with Gasteiger partial charge < -0.3 is 4.90 Å². The van der Waals surface area contributed by atoms with Crippen LogP contribution in [0.5, 0.6) is 0 Å². The Morgan fingerprint density at radius 2 is 1.40 bits per heavy atom. The Morgan fingerprint density at radius 1 is 0.733 bits per heavy atom. The lowest BCUT2D eigenvalue weighted by Gasteiger charge is -2.31. The number of hydrogen-bond donors (Lipinski definition) is 0. The molecule has 5 rings (SSSR count). The maximum absolute atomic E-state index is 13.6. The summed E-state index contributed by atoms with van der Waals surface area (Å²) < 4.78 is 0. The van der Waals surface area contributed by atoms with Crippen LogP contribution in [0, 0.1) is 0 Å². The number of carbonyl (C=O) groups excluding carboxylic acids is 2. The van der Waals surface area contributed by atoms with Crippen LogP contribution in [0.25, 0.3) is 5.57 Å². The number of anilines is 1. The molecule has 148 valence electrons. The fourth-order valence-electron chi connectivity index (χ4n) is 4.19. The molecule has 2 amide bonds.